The van der Waals surface area contributed by atoms with Crippen LogP contribution in [0, 0.1) is 5.82 Å². The van der Waals surface area contributed by atoms with Crippen LogP contribution in [-0.4, -0.2) is 10.6 Å². The molecule has 1 aromatic carbocycles. The van der Waals surface area contributed by atoms with Gasteiger partial charge in [0, 0.05) is 25.2 Å². The summed E-state index contributed by atoms with van der Waals surface area (Å²) in [6.07, 6.45) is 8.34. The Morgan fingerprint density at radius 2 is 1.95 bits per heavy atom. The van der Waals surface area contributed by atoms with E-state index in [9.17, 15) is 4.39 Å². The summed E-state index contributed by atoms with van der Waals surface area (Å²) in [6, 6.07) is 10.2. The van der Waals surface area contributed by atoms with Gasteiger partial charge in [0.05, 0.1) is 11.3 Å². The van der Waals surface area contributed by atoms with E-state index in [0.717, 1.165) is 11.1 Å². The van der Waals surface area contributed by atoms with Crippen LogP contribution in [0.4, 0.5) is 4.39 Å². The molecule has 0 spiro atoms. The minimum absolute atomic E-state index is 0.269. The Hall–Kier alpha value is -2.08. The van der Waals surface area contributed by atoms with Gasteiger partial charge in [0.15, 0.2) is 0 Å². The first-order valence-electron chi connectivity index (χ1n) is 7.19. The second kappa shape index (κ2) is 5.61. The molecule has 3 rings (SSSR count). The molecule has 1 aliphatic heterocycles. The maximum absolute atomic E-state index is 13.4. The standard InChI is InChI=1S/C17H19FN4/c18-15-4-1-3-13(11-15)12-16(19)7-2-8-17(20,22-16)14-5-9-21-10-6-14/h1-7,9-11,22H,8,12,19-20H2. The van der Waals surface area contributed by atoms with Gasteiger partial charge in [-0.3, -0.25) is 10.3 Å². The zero-order chi connectivity index (χ0) is 15.6. The van der Waals surface area contributed by atoms with Crippen molar-refractivity contribution in [2.24, 2.45) is 11.5 Å². The van der Waals surface area contributed by atoms with Gasteiger partial charge in [-0.1, -0.05) is 24.3 Å². The summed E-state index contributed by atoms with van der Waals surface area (Å²) < 4.78 is 13.4. The summed E-state index contributed by atoms with van der Waals surface area (Å²) in [4.78, 5) is 4.01. The van der Waals surface area contributed by atoms with Gasteiger partial charge in [0.1, 0.15) is 5.82 Å². The van der Waals surface area contributed by atoms with Gasteiger partial charge < -0.3 is 11.5 Å². The fourth-order valence-corrected chi connectivity index (χ4v) is 2.89. The quantitative estimate of drug-likeness (QED) is 0.755. The maximum atomic E-state index is 13.4. The topological polar surface area (TPSA) is 77.0 Å². The smallest absolute Gasteiger partial charge is 0.123 e. The molecule has 2 atom stereocenters. The molecule has 1 aromatic heterocycles. The highest BCUT2D eigenvalue weighted by Crippen LogP contribution is 2.27. The van der Waals surface area contributed by atoms with Gasteiger partial charge in [-0.05, 0) is 35.4 Å². The van der Waals surface area contributed by atoms with Crippen molar-refractivity contribution in [3.8, 4) is 0 Å². The molecular formula is C17H19FN4. The summed E-state index contributed by atoms with van der Waals surface area (Å²) in [7, 11) is 0. The van der Waals surface area contributed by atoms with E-state index in [0.29, 0.717) is 12.8 Å². The molecule has 0 fully saturated rings. The van der Waals surface area contributed by atoms with Crippen LogP contribution in [-0.2, 0) is 12.1 Å². The van der Waals surface area contributed by atoms with Crippen molar-refractivity contribution in [2.75, 3.05) is 0 Å². The number of pyridine rings is 1. The average Bonchev–Trinajstić information content (AvgIpc) is 2.47. The van der Waals surface area contributed by atoms with Gasteiger partial charge >= 0.3 is 0 Å². The highest BCUT2D eigenvalue weighted by molar-refractivity contribution is 5.29. The van der Waals surface area contributed by atoms with Gasteiger partial charge in [0.2, 0.25) is 0 Å². The number of benzene rings is 1. The van der Waals surface area contributed by atoms with Crippen LogP contribution in [0.5, 0.6) is 0 Å². The van der Waals surface area contributed by atoms with Crippen LogP contribution >= 0.6 is 0 Å². The predicted octanol–water partition coefficient (Wildman–Crippen LogP) is 1.78. The predicted molar refractivity (Wildman–Crippen MR) is 84.0 cm³/mol. The summed E-state index contributed by atoms with van der Waals surface area (Å²) in [6.45, 7) is 0. The fraction of sp³-hybridized carbons (Fsp3) is 0.235. The Bertz CT molecular complexity index is 688. The Labute approximate surface area is 129 Å². The van der Waals surface area contributed by atoms with E-state index in [1.807, 2.05) is 30.4 Å². The molecule has 2 unspecified atom stereocenters. The Kier molecular flexibility index (Phi) is 3.78. The van der Waals surface area contributed by atoms with Gasteiger partial charge in [-0.25, -0.2) is 4.39 Å². The van der Waals surface area contributed by atoms with E-state index < -0.39 is 11.3 Å². The Morgan fingerprint density at radius 1 is 1.18 bits per heavy atom. The minimum Gasteiger partial charge on any atom is -0.310 e. The van der Waals surface area contributed by atoms with Crippen molar-refractivity contribution in [1.82, 2.24) is 10.3 Å². The molecule has 1 aliphatic rings. The van der Waals surface area contributed by atoms with Crippen molar-refractivity contribution >= 4 is 0 Å². The third-order valence-corrected chi connectivity index (χ3v) is 3.89. The highest BCUT2D eigenvalue weighted by atomic mass is 19.1. The summed E-state index contributed by atoms with van der Waals surface area (Å²) in [5.41, 5.74) is 13.1. The van der Waals surface area contributed by atoms with Crippen LogP contribution in [0.15, 0.2) is 60.9 Å². The molecule has 0 saturated heterocycles. The molecule has 5 N–H and O–H groups in total. The molecule has 0 amide bonds. The normalized spacial score (nSPS) is 27.8. The van der Waals surface area contributed by atoms with Crippen molar-refractivity contribution in [2.45, 2.75) is 24.2 Å². The number of hydrogen-bond donors (Lipinski definition) is 3. The molecule has 5 heteroatoms. The SMILES string of the molecule is NC1(Cc2cccc(F)c2)C=CCC(N)(c2ccncc2)N1. The van der Waals surface area contributed by atoms with Gasteiger partial charge in [0.25, 0.3) is 0 Å². The second-order valence-electron chi connectivity index (χ2n) is 5.79. The lowest BCUT2D eigenvalue weighted by molar-refractivity contribution is 0.233. The summed E-state index contributed by atoms with van der Waals surface area (Å²) in [5, 5.41) is 3.31. The van der Waals surface area contributed by atoms with Crippen molar-refractivity contribution in [3.05, 3.63) is 77.9 Å². The van der Waals surface area contributed by atoms with E-state index in [1.165, 1.54) is 12.1 Å². The third kappa shape index (κ3) is 3.06. The van der Waals surface area contributed by atoms with Crippen LogP contribution < -0.4 is 16.8 Å². The van der Waals surface area contributed by atoms with Crippen molar-refractivity contribution < 1.29 is 4.39 Å². The van der Waals surface area contributed by atoms with Crippen LogP contribution in [0.1, 0.15) is 17.5 Å². The number of nitrogens with two attached hydrogens (primary N) is 2. The third-order valence-electron chi connectivity index (χ3n) is 3.89. The first-order chi connectivity index (χ1) is 10.5. The summed E-state index contributed by atoms with van der Waals surface area (Å²) in [5.74, 6) is -0.269. The second-order valence-corrected chi connectivity index (χ2v) is 5.79. The zero-order valence-corrected chi connectivity index (χ0v) is 12.2. The molecule has 0 bridgehead atoms. The Morgan fingerprint density at radius 3 is 2.68 bits per heavy atom. The molecule has 22 heavy (non-hydrogen) atoms. The van der Waals surface area contributed by atoms with Crippen LogP contribution in [0.2, 0.25) is 0 Å². The number of nitrogens with one attached hydrogen (secondary N) is 1. The molecule has 0 aliphatic carbocycles. The zero-order valence-electron chi connectivity index (χ0n) is 12.2. The molecule has 0 radical (unpaired) electrons. The molecular weight excluding hydrogens is 279 g/mol. The molecule has 2 aromatic rings. The lowest BCUT2D eigenvalue weighted by Gasteiger charge is -2.42. The number of halogens is 1. The monoisotopic (exact) mass is 298 g/mol. The largest absolute Gasteiger partial charge is 0.310 e. The highest BCUT2D eigenvalue weighted by Gasteiger charge is 2.37. The molecule has 4 nitrogen and oxygen atoms in total. The van der Waals surface area contributed by atoms with Gasteiger partial charge in [-0.2, -0.15) is 0 Å². The van der Waals surface area contributed by atoms with E-state index in [2.05, 4.69) is 10.3 Å². The molecule has 114 valence electrons. The first-order valence-corrected chi connectivity index (χ1v) is 7.19. The van der Waals surface area contributed by atoms with E-state index in [-0.39, 0.29) is 5.82 Å². The minimum atomic E-state index is -0.829. The Balaban J connectivity index is 1.86. The molecule has 2 heterocycles. The van der Waals surface area contributed by atoms with Gasteiger partial charge in [-0.15, -0.1) is 0 Å². The van der Waals surface area contributed by atoms with E-state index in [4.69, 9.17) is 11.5 Å². The number of nitrogens with zero attached hydrogens (tertiary/aromatic N) is 1. The first kappa shape index (κ1) is 14.8. The van der Waals surface area contributed by atoms with E-state index >= 15 is 0 Å². The lowest BCUT2D eigenvalue weighted by Crippen LogP contribution is -2.67. The summed E-state index contributed by atoms with van der Waals surface area (Å²) >= 11 is 0. The number of aromatic nitrogens is 1. The van der Waals surface area contributed by atoms with Crippen molar-refractivity contribution in [3.63, 3.8) is 0 Å². The van der Waals surface area contributed by atoms with Crippen LogP contribution in [0.25, 0.3) is 0 Å². The maximum Gasteiger partial charge on any atom is 0.123 e. The fourth-order valence-electron chi connectivity index (χ4n) is 2.89. The van der Waals surface area contributed by atoms with Crippen LogP contribution in [0.3, 0.4) is 0 Å². The number of hydrogen-bond acceptors (Lipinski definition) is 4. The number of rotatable bonds is 3. The average molecular weight is 298 g/mol. The lowest BCUT2D eigenvalue weighted by atomic mass is 9.87. The van der Waals surface area contributed by atoms with Crippen molar-refractivity contribution in [1.29, 1.82) is 0 Å². The molecule has 0 saturated carbocycles. The van der Waals surface area contributed by atoms with E-state index in [1.54, 1.807) is 18.5 Å².